The molecule has 0 rings (SSSR count). The van der Waals surface area contributed by atoms with Crippen molar-refractivity contribution in [1.82, 2.24) is 0 Å². The van der Waals surface area contributed by atoms with Crippen molar-refractivity contribution in [3.63, 3.8) is 0 Å². The molecule has 0 aliphatic carbocycles. The predicted octanol–water partition coefficient (Wildman–Crippen LogP) is 5.21. The van der Waals surface area contributed by atoms with Gasteiger partial charge in [-0.25, -0.2) is 0 Å². The summed E-state index contributed by atoms with van der Waals surface area (Å²) in [6.45, 7) is 4.42. The molecule has 2 atom stereocenters. The van der Waals surface area contributed by atoms with Gasteiger partial charge in [-0.1, -0.05) is 78.1 Å². The van der Waals surface area contributed by atoms with Gasteiger partial charge in [0, 0.05) is 0 Å². The minimum atomic E-state index is -0.203. The van der Waals surface area contributed by atoms with E-state index in [1.54, 1.807) is 0 Å². The van der Waals surface area contributed by atoms with Crippen LogP contribution in [0.1, 0.15) is 104 Å². The van der Waals surface area contributed by atoms with Gasteiger partial charge in [-0.3, -0.25) is 0 Å². The summed E-state index contributed by atoms with van der Waals surface area (Å²) in [4.78, 5) is 0. The van der Waals surface area contributed by atoms with Crippen molar-refractivity contribution in [2.24, 2.45) is 0 Å². The van der Waals surface area contributed by atoms with Crippen LogP contribution < -0.4 is 0 Å². The highest BCUT2D eigenvalue weighted by atomic mass is 16.3. The summed E-state index contributed by atoms with van der Waals surface area (Å²) < 4.78 is 0. The highest BCUT2D eigenvalue weighted by molar-refractivity contribution is 4.62. The zero-order valence-electron chi connectivity index (χ0n) is 13.9. The summed E-state index contributed by atoms with van der Waals surface area (Å²) in [6, 6.07) is 0. The van der Waals surface area contributed by atoms with Crippen molar-refractivity contribution in [1.29, 1.82) is 0 Å². The molecule has 0 aliphatic heterocycles. The van der Waals surface area contributed by atoms with E-state index in [-0.39, 0.29) is 12.2 Å². The lowest BCUT2D eigenvalue weighted by molar-refractivity contribution is 0.101. The number of aliphatic hydroxyl groups excluding tert-OH is 2. The lowest BCUT2D eigenvalue weighted by atomic mass is 10.0. The highest BCUT2D eigenvalue weighted by Gasteiger charge is 2.09. The third kappa shape index (κ3) is 14.3. The van der Waals surface area contributed by atoms with Gasteiger partial charge in [0.25, 0.3) is 0 Å². The molecule has 0 saturated heterocycles. The monoisotopic (exact) mass is 286 g/mol. The van der Waals surface area contributed by atoms with Gasteiger partial charge in [0.05, 0.1) is 12.2 Å². The Kier molecular flexibility index (Phi) is 15.3. The molecule has 20 heavy (non-hydrogen) atoms. The minimum absolute atomic E-state index is 0.202. The van der Waals surface area contributed by atoms with Crippen molar-refractivity contribution in [2.45, 2.75) is 116 Å². The fourth-order valence-corrected chi connectivity index (χ4v) is 2.64. The topological polar surface area (TPSA) is 40.5 Å². The van der Waals surface area contributed by atoms with Crippen LogP contribution in [-0.4, -0.2) is 22.4 Å². The van der Waals surface area contributed by atoms with E-state index in [4.69, 9.17) is 0 Å². The zero-order chi connectivity index (χ0) is 15.1. The largest absolute Gasteiger partial charge is 0.393 e. The van der Waals surface area contributed by atoms with Crippen LogP contribution in [0.3, 0.4) is 0 Å². The second-order valence-corrected chi connectivity index (χ2v) is 6.29. The Bertz CT molecular complexity index is 182. The van der Waals surface area contributed by atoms with Crippen molar-refractivity contribution in [3.05, 3.63) is 0 Å². The molecule has 0 fully saturated rings. The maximum atomic E-state index is 9.90. The van der Waals surface area contributed by atoms with E-state index < -0.39 is 0 Å². The summed E-state index contributed by atoms with van der Waals surface area (Å²) in [5.41, 5.74) is 0. The van der Waals surface area contributed by atoms with Crippen LogP contribution in [0.15, 0.2) is 0 Å². The van der Waals surface area contributed by atoms with E-state index in [0.717, 1.165) is 38.5 Å². The van der Waals surface area contributed by atoms with Gasteiger partial charge in [-0.2, -0.15) is 0 Å². The average Bonchev–Trinajstić information content (AvgIpc) is 2.44. The Labute approximate surface area is 127 Å². The minimum Gasteiger partial charge on any atom is -0.393 e. The SMILES string of the molecule is CCCCCCCCC[C@@H](O)CC[C@@H](O)CCCCC. The Balaban J connectivity index is 3.29. The smallest absolute Gasteiger partial charge is 0.0541 e. The van der Waals surface area contributed by atoms with Gasteiger partial charge >= 0.3 is 0 Å². The number of rotatable bonds is 15. The van der Waals surface area contributed by atoms with Gasteiger partial charge in [0.2, 0.25) is 0 Å². The van der Waals surface area contributed by atoms with Gasteiger partial charge in [0.15, 0.2) is 0 Å². The summed E-state index contributed by atoms with van der Waals surface area (Å²) in [5.74, 6) is 0. The Morgan fingerprint density at radius 2 is 0.850 bits per heavy atom. The standard InChI is InChI=1S/C18H38O2/c1-3-5-7-8-9-10-12-14-18(20)16-15-17(19)13-11-6-4-2/h17-20H,3-16H2,1-2H3/t17-,18+/m0/s1. The molecule has 0 aromatic rings. The summed E-state index contributed by atoms with van der Waals surface area (Å²) in [6.07, 6.45) is 15.5. The molecular weight excluding hydrogens is 248 g/mol. The lowest BCUT2D eigenvalue weighted by Crippen LogP contribution is -2.13. The molecule has 2 heteroatoms. The van der Waals surface area contributed by atoms with Gasteiger partial charge < -0.3 is 10.2 Å². The molecule has 0 unspecified atom stereocenters. The van der Waals surface area contributed by atoms with Gasteiger partial charge in [-0.05, 0) is 25.7 Å². The number of aliphatic hydroxyl groups is 2. The van der Waals surface area contributed by atoms with E-state index in [1.807, 2.05) is 0 Å². The molecule has 122 valence electrons. The van der Waals surface area contributed by atoms with Crippen LogP contribution >= 0.6 is 0 Å². The third-order valence-electron chi connectivity index (χ3n) is 4.11. The van der Waals surface area contributed by atoms with Crippen LogP contribution in [0.5, 0.6) is 0 Å². The van der Waals surface area contributed by atoms with Crippen molar-refractivity contribution in [3.8, 4) is 0 Å². The second-order valence-electron chi connectivity index (χ2n) is 6.29. The molecule has 0 heterocycles. The molecule has 0 aromatic heterocycles. The first-order chi connectivity index (χ1) is 9.70. The van der Waals surface area contributed by atoms with Crippen molar-refractivity contribution in [2.75, 3.05) is 0 Å². The molecule has 2 N–H and O–H groups in total. The molecule has 0 aliphatic rings. The van der Waals surface area contributed by atoms with Crippen LogP contribution in [0.2, 0.25) is 0 Å². The summed E-state index contributed by atoms with van der Waals surface area (Å²) >= 11 is 0. The first-order valence-corrected chi connectivity index (χ1v) is 9.06. The molecule has 0 aromatic carbocycles. The van der Waals surface area contributed by atoms with E-state index in [1.165, 1.54) is 51.4 Å². The maximum Gasteiger partial charge on any atom is 0.0541 e. The number of unbranched alkanes of at least 4 members (excludes halogenated alkanes) is 8. The second kappa shape index (κ2) is 15.3. The molecular formula is C18H38O2. The fraction of sp³-hybridized carbons (Fsp3) is 1.00. The maximum absolute atomic E-state index is 9.90. The van der Waals surface area contributed by atoms with E-state index in [2.05, 4.69) is 13.8 Å². The quantitative estimate of drug-likeness (QED) is 0.406. The Morgan fingerprint density at radius 3 is 1.35 bits per heavy atom. The Morgan fingerprint density at radius 1 is 0.500 bits per heavy atom. The molecule has 0 saturated carbocycles. The number of hydrogen-bond acceptors (Lipinski definition) is 2. The number of hydrogen-bond donors (Lipinski definition) is 2. The average molecular weight is 287 g/mol. The first-order valence-electron chi connectivity index (χ1n) is 9.06. The van der Waals surface area contributed by atoms with Crippen LogP contribution in [-0.2, 0) is 0 Å². The van der Waals surface area contributed by atoms with Crippen LogP contribution in [0.4, 0.5) is 0 Å². The summed E-state index contributed by atoms with van der Waals surface area (Å²) in [7, 11) is 0. The molecule has 0 bridgehead atoms. The predicted molar refractivity (Wildman–Crippen MR) is 88.0 cm³/mol. The molecule has 0 radical (unpaired) electrons. The first kappa shape index (κ1) is 19.9. The lowest BCUT2D eigenvalue weighted by Gasteiger charge is -2.14. The normalized spacial score (nSPS) is 14.4. The van der Waals surface area contributed by atoms with Crippen LogP contribution in [0, 0.1) is 0 Å². The third-order valence-corrected chi connectivity index (χ3v) is 4.11. The Hall–Kier alpha value is -0.0800. The molecule has 2 nitrogen and oxygen atoms in total. The van der Waals surface area contributed by atoms with Crippen LogP contribution in [0.25, 0.3) is 0 Å². The molecule has 0 amide bonds. The zero-order valence-corrected chi connectivity index (χ0v) is 13.9. The van der Waals surface area contributed by atoms with E-state index in [9.17, 15) is 10.2 Å². The van der Waals surface area contributed by atoms with E-state index in [0.29, 0.717) is 0 Å². The fourth-order valence-electron chi connectivity index (χ4n) is 2.64. The summed E-state index contributed by atoms with van der Waals surface area (Å²) in [5, 5.41) is 19.7. The van der Waals surface area contributed by atoms with Gasteiger partial charge in [-0.15, -0.1) is 0 Å². The van der Waals surface area contributed by atoms with Crippen molar-refractivity contribution >= 4 is 0 Å². The van der Waals surface area contributed by atoms with Crippen molar-refractivity contribution < 1.29 is 10.2 Å². The highest BCUT2D eigenvalue weighted by Crippen LogP contribution is 2.14. The molecule has 0 spiro atoms. The van der Waals surface area contributed by atoms with Gasteiger partial charge in [0.1, 0.15) is 0 Å². The van der Waals surface area contributed by atoms with E-state index >= 15 is 0 Å².